The molecular weight excluding hydrogens is 223 g/mol. The van der Waals surface area contributed by atoms with Crippen LogP contribution in [0.5, 0.6) is 0 Å². The van der Waals surface area contributed by atoms with Gasteiger partial charge in [0.1, 0.15) is 5.82 Å². The number of benzene rings is 1. The predicted octanol–water partition coefficient (Wildman–Crippen LogP) is 3.74. The number of hydrogen-bond acceptors (Lipinski definition) is 2. The van der Waals surface area contributed by atoms with Crippen LogP contribution in [0, 0.1) is 19.7 Å². The van der Waals surface area contributed by atoms with Gasteiger partial charge in [0.15, 0.2) is 5.78 Å². The molecule has 0 N–H and O–H groups in total. The second kappa shape index (κ2) is 4.18. The molecule has 1 nitrogen and oxygen atoms in total. The second-order valence-corrected chi connectivity index (χ2v) is 4.82. The van der Waals surface area contributed by atoms with Crippen molar-refractivity contribution in [1.29, 1.82) is 0 Å². The van der Waals surface area contributed by atoms with Crippen LogP contribution in [0.3, 0.4) is 0 Å². The maximum atomic E-state index is 13.5. The number of thiophene rings is 1. The molecule has 82 valence electrons. The summed E-state index contributed by atoms with van der Waals surface area (Å²) in [4.78, 5) is 13.0. The van der Waals surface area contributed by atoms with Crippen molar-refractivity contribution in [2.24, 2.45) is 0 Å². The monoisotopic (exact) mass is 234 g/mol. The predicted molar refractivity (Wildman–Crippen MR) is 63.6 cm³/mol. The summed E-state index contributed by atoms with van der Waals surface area (Å²) in [7, 11) is 0. The van der Waals surface area contributed by atoms with Gasteiger partial charge in [-0.3, -0.25) is 4.79 Å². The van der Waals surface area contributed by atoms with E-state index >= 15 is 0 Å². The van der Waals surface area contributed by atoms with Crippen LogP contribution in [0.4, 0.5) is 4.39 Å². The van der Waals surface area contributed by atoms with E-state index in [0.29, 0.717) is 5.56 Å². The third kappa shape index (κ3) is 1.91. The first-order valence-corrected chi connectivity index (χ1v) is 5.82. The van der Waals surface area contributed by atoms with E-state index in [9.17, 15) is 9.18 Å². The molecule has 2 aromatic rings. The highest BCUT2D eigenvalue weighted by Gasteiger charge is 2.16. The molecule has 1 aromatic carbocycles. The van der Waals surface area contributed by atoms with Gasteiger partial charge >= 0.3 is 0 Å². The van der Waals surface area contributed by atoms with E-state index in [4.69, 9.17) is 0 Å². The maximum absolute atomic E-state index is 13.5. The average molecular weight is 234 g/mol. The zero-order valence-electron chi connectivity index (χ0n) is 9.08. The minimum absolute atomic E-state index is 0.154. The van der Waals surface area contributed by atoms with Crippen LogP contribution in [0.15, 0.2) is 29.6 Å². The Morgan fingerprint density at radius 3 is 2.56 bits per heavy atom. The molecule has 3 heteroatoms. The van der Waals surface area contributed by atoms with Crippen LogP contribution in [-0.2, 0) is 0 Å². The third-order valence-electron chi connectivity index (χ3n) is 2.47. The lowest BCUT2D eigenvalue weighted by atomic mass is 10.0. The Bertz CT molecular complexity index is 543. The molecular formula is C13H11FOS. The van der Waals surface area contributed by atoms with Crippen molar-refractivity contribution in [2.45, 2.75) is 13.8 Å². The molecule has 0 fully saturated rings. The zero-order chi connectivity index (χ0) is 11.7. The number of rotatable bonds is 2. The van der Waals surface area contributed by atoms with E-state index in [1.807, 2.05) is 19.2 Å². The van der Waals surface area contributed by atoms with E-state index < -0.39 is 5.82 Å². The van der Waals surface area contributed by atoms with Gasteiger partial charge in [0.2, 0.25) is 0 Å². The SMILES string of the molecule is Cc1ccc(F)c(C(=O)c2ccsc2C)c1. The lowest BCUT2D eigenvalue weighted by molar-refractivity contribution is 0.103. The highest BCUT2D eigenvalue weighted by molar-refractivity contribution is 7.10. The Morgan fingerprint density at radius 2 is 1.94 bits per heavy atom. The normalized spacial score (nSPS) is 10.4. The molecule has 0 unspecified atom stereocenters. The highest BCUT2D eigenvalue weighted by Crippen LogP contribution is 2.21. The quantitative estimate of drug-likeness (QED) is 0.723. The van der Waals surface area contributed by atoms with Gasteiger partial charge in [0, 0.05) is 10.4 Å². The lowest BCUT2D eigenvalue weighted by Crippen LogP contribution is -2.04. The van der Waals surface area contributed by atoms with Gasteiger partial charge in [0.05, 0.1) is 5.56 Å². The summed E-state index contributed by atoms with van der Waals surface area (Å²) >= 11 is 1.49. The Balaban J connectivity index is 2.49. The molecule has 0 spiro atoms. The Kier molecular flexibility index (Phi) is 2.88. The van der Waals surface area contributed by atoms with Crippen molar-refractivity contribution in [3.05, 3.63) is 57.0 Å². The smallest absolute Gasteiger partial charge is 0.197 e. The van der Waals surface area contributed by atoms with Gasteiger partial charge < -0.3 is 0 Å². The largest absolute Gasteiger partial charge is 0.288 e. The third-order valence-corrected chi connectivity index (χ3v) is 3.32. The molecule has 0 bridgehead atoms. The molecule has 0 radical (unpaired) electrons. The zero-order valence-corrected chi connectivity index (χ0v) is 9.90. The summed E-state index contributed by atoms with van der Waals surface area (Å²) in [5.41, 5.74) is 1.63. The molecule has 0 saturated heterocycles. The average Bonchev–Trinajstić information content (AvgIpc) is 2.67. The first kappa shape index (κ1) is 11.0. The maximum Gasteiger partial charge on any atom is 0.197 e. The summed E-state index contributed by atoms with van der Waals surface area (Å²) in [6, 6.07) is 6.33. The van der Waals surface area contributed by atoms with E-state index in [1.54, 1.807) is 18.2 Å². The van der Waals surface area contributed by atoms with Crippen LogP contribution in [0.25, 0.3) is 0 Å². The molecule has 0 saturated carbocycles. The number of aryl methyl sites for hydroxylation is 2. The lowest BCUT2D eigenvalue weighted by Gasteiger charge is -2.03. The van der Waals surface area contributed by atoms with E-state index in [2.05, 4.69) is 0 Å². The van der Waals surface area contributed by atoms with Crippen molar-refractivity contribution in [1.82, 2.24) is 0 Å². The van der Waals surface area contributed by atoms with Crippen molar-refractivity contribution < 1.29 is 9.18 Å². The molecule has 1 aromatic heterocycles. The minimum Gasteiger partial charge on any atom is -0.288 e. The van der Waals surface area contributed by atoms with Gasteiger partial charge in [-0.25, -0.2) is 4.39 Å². The first-order chi connectivity index (χ1) is 7.59. The number of carbonyl (C=O) groups excluding carboxylic acids is 1. The van der Waals surface area contributed by atoms with Crippen LogP contribution in [-0.4, -0.2) is 5.78 Å². The topological polar surface area (TPSA) is 17.1 Å². The standard InChI is InChI=1S/C13H11FOS/c1-8-3-4-12(14)11(7-8)13(15)10-5-6-16-9(10)2/h3-7H,1-2H3. The van der Waals surface area contributed by atoms with Crippen molar-refractivity contribution >= 4 is 17.1 Å². The van der Waals surface area contributed by atoms with Crippen molar-refractivity contribution in [2.75, 3.05) is 0 Å². The fraction of sp³-hybridized carbons (Fsp3) is 0.154. The fourth-order valence-corrected chi connectivity index (χ4v) is 2.27. The first-order valence-electron chi connectivity index (χ1n) is 4.94. The molecule has 0 amide bonds. The summed E-state index contributed by atoms with van der Waals surface area (Å²) in [6.07, 6.45) is 0. The summed E-state index contributed by atoms with van der Waals surface area (Å²) in [5.74, 6) is -0.693. The van der Waals surface area contributed by atoms with Crippen LogP contribution >= 0.6 is 11.3 Å². The highest BCUT2D eigenvalue weighted by atomic mass is 32.1. The number of ketones is 1. The Labute approximate surface area is 97.6 Å². The molecule has 0 atom stereocenters. The molecule has 0 aliphatic carbocycles. The molecule has 16 heavy (non-hydrogen) atoms. The summed E-state index contributed by atoms with van der Waals surface area (Å²) in [6.45, 7) is 3.71. The molecule has 2 rings (SSSR count). The summed E-state index contributed by atoms with van der Waals surface area (Å²) in [5, 5.41) is 1.84. The van der Waals surface area contributed by atoms with Crippen molar-refractivity contribution in [3.8, 4) is 0 Å². The van der Waals surface area contributed by atoms with Gasteiger partial charge in [-0.1, -0.05) is 11.6 Å². The van der Waals surface area contributed by atoms with E-state index in [-0.39, 0.29) is 11.3 Å². The van der Waals surface area contributed by atoms with Crippen LogP contribution in [0.1, 0.15) is 26.4 Å². The van der Waals surface area contributed by atoms with Gasteiger partial charge in [-0.05, 0) is 37.4 Å². The van der Waals surface area contributed by atoms with Crippen LogP contribution in [0.2, 0.25) is 0 Å². The van der Waals surface area contributed by atoms with Crippen molar-refractivity contribution in [3.63, 3.8) is 0 Å². The second-order valence-electron chi connectivity index (χ2n) is 3.70. The van der Waals surface area contributed by atoms with Gasteiger partial charge in [-0.15, -0.1) is 11.3 Å². The van der Waals surface area contributed by atoms with Gasteiger partial charge in [-0.2, -0.15) is 0 Å². The Hall–Kier alpha value is -1.48. The van der Waals surface area contributed by atoms with E-state index in [0.717, 1.165) is 10.4 Å². The number of carbonyl (C=O) groups is 1. The van der Waals surface area contributed by atoms with Gasteiger partial charge in [0.25, 0.3) is 0 Å². The Morgan fingerprint density at radius 1 is 1.19 bits per heavy atom. The van der Waals surface area contributed by atoms with Crippen LogP contribution < -0.4 is 0 Å². The number of halogens is 1. The molecule has 0 aliphatic heterocycles. The minimum atomic E-state index is -0.457. The molecule has 0 aliphatic rings. The number of hydrogen-bond donors (Lipinski definition) is 0. The summed E-state index contributed by atoms with van der Waals surface area (Å²) < 4.78 is 13.5. The molecule has 1 heterocycles. The fourth-order valence-electron chi connectivity index (χ4n) is 1.58. The van der Waals surface area contributed by atoms with E-state index in [1.165, 1.54) is 17.4 Å².